The van der Waals surface area contributed by atoms with E-state index in [1.54, 1.807) is 0 Å². The molecule has 0 spiro atoms. The van der Waals surface area contributed by atoms with Crippen LogP contribution in [0.15, 0.2) is 47.4 Å². The van der Waals surface area contributed by atoms with Gasteiger partial charge in [0.1, 0.15) is 5.78 Å². The molecule has 0 N–H and O–H groups in total. The number of thioether (sulfide) groups is 1. The summed E-state index contributed by atoms with van der Waals surface area (Å²) in [5.74, 6) is 1.86. The van der Waals surface area contributed by atoms with E-state index in [0.717, 1.165) is 37.9 Å². The highest BCUT2D eigenvalue weighted by atomic mass is 32.2. The van der Waals surface area contributed by atoms with Crippen LogP contribution in [0.25, 0.3) is 0 Å². The molecule has 1 aromatic carbocycles. The largest absolute Gasteiger partial charge is 0.299 e. The minimum Gasteiger partial charge on any atom is -0.299 e. The highest BCUT2D eigenvalue weighted by molar-refractivity contribution is 7.99. The SMILES string of the molecule is O=C1CCCC1CC/C=C/CSc1ccccc1. The van der Waals surface area contributed by atoms with Crippen LogP contribution in [0.3, 0.4) is 0 Å². The van der Waals surface area contributed by atoms with Crippen LogP contribution in [0.2, 0.25) is 0 Å². The van der Waals surface area contributed by atoms with Crippen molar-refractivity contribution in [2.75, 3.05) is 5.75 Å². The Morgan fingerprint density at radius 3 is 2.78 bits per heavy atom. The topological polar surface area (TPSA) is 17.1 Å². The van der Waals surface area contributed by atoms with Crippen LogP contribution in [0, 0.1) is 5.92 Å². The lowest BCUT2D eigenvalue weighted by atomic mass is 10.0. The van der Waals surface area contributed by atoms with Crippen molar-refractivity contribution in [3.63, 3.8) is 0 Å². The molecule has 2 rings (SSSR count). The fourth-order valence-electron chi connectivity index (χ4n) is 2.34. The first-order valence-corrected chi connectivity index (χ1v) is 7.70. The first-order valence-electron chi connectivity index (χ1n) is 6.72. The average Bonchev–Trinajstić information content (AvgIpc) is 2.81. The van der Waals surface area contributed by atoms with Crippen molar-refractivity contribution < 1.29 is 4.79 Å². The first kappa shape index (κ1) is 13.4. The zero-order valence-electron chi connectivity index (χ0n) is 10.7. The molecule has 1 saturated carbocycles. The number of carbonyl (C=O) groups is 1. The molecule has 0 heterocycles. The molecule has 0 bridgehead atoms. The summed E-state index contributed by atoms with van der Waals surface area (Å²) < 4.78 is 0. The zero-order valence-corrected chi connectivity index (χ0v) is 11.5. The van der Waals surface area contributed by atoms with Gasteiger partial charge in [0.15, 0.2) is 0 Å². The highest BCUT2D eigenvalue weighted by Crippen LogP contribution is 2.25. The van der Waals surface area contributed by atoms with E-state index >= 15 is 0 Å². The molecular formula is C16H20OS. The molecule has 0 amide bonds. The maximum Gasteiger partial charge on any atom is 0.135 e. The van der Waals surface area contributed by atoms with Crippen LogP contribution in [0.1, 0.15) is 32.1 Å². The summed E-state index contributed by atoms with van der Waals surface area (Å²) in [5.41, 5.74) is 0. The molecule has 96 valence electrons. The van der Waals surface area contributed by atoms with E-state index in [0.29, 0.717) is 11.7 Å². The van der Waals surface area contributed by atoms with Gasteiger partial charge in [0.2, 0.25) is 0 Å². The molecule has 1 aliphatic carbocycles. The van der Waals surface area contributed by atoms with Gasteiger partial charge in [0, 0.05) is 23.0 Å². The van der Waals surface area contributed by atoms with Gasteiger partial charge in [-0.15, -0.1) is 11.8 Å². The second-order valence-electron chi connectivity index (χ2n) is 4.73. The molecule has 18 heavy (non-hydrogen) atoms. The molecule has 0 aromatic heterocycles. The van der Waals surface area contributed by atoms with Crippen LogP contribution in [0.4, 0.5) is 0 Å². The van der Waals surface area contributed by atoms with Crippen molar-refractivity contribution in [2.45, 2.75) is 37.0 Å². The summed E-state index contributed by atoms with van der Waals surface area (Å²) in [6.07, 6.45) is 9.58. The third-order valence-electron chi connectivity index (χ3n) is 3.37. The molecular weight excluding hydrogens is 240 g/mol. The third kappa shape index (κ3) is 4.34. The summed E-state index contributed by atoms with van der Waals surface area (Å²) in [5, 5.41) is 0. The number of Topliss-reactive ketones (excluding diaryl/α,β-unsaturated/α-hetero) is 1. The highest BCUT2D eigenvalue weighted by Gasteiger charge is 2.22. The van der Waals surface area contributed by atoms with E-state index in [9.17, 15) is 4.79 Å². The van der Waals surface area contributed by atoms with E-state index in [4.69, 9.17) is 0 Å². The Kier molecular flexibility index (Phi) is 5.53. The standard InChI is InChI=1S/C16H20OS/c17-16-12-7-9-14(16)8-3-2-6-13-18-15-10-4-1-5-11-15/h1-2,4-6,10-11,14H,3,7-9,12-13H2/b6-2+. The molecule has 0 saturated heterocycles. The Bertz CT molecular complexity index is 397. The maximum absolute atomic E-state index is 11.5. The molecule has 1 aliphatic rings. The van der Waals surface area contributed by atoms with E-state index in [1.165, 1.54) is 4.90 Å². The fraction of sp³-hybridized carbons (Fsp3) is 0.438. The summed E-state index contributed by atoms with van der Waals surface area (Å²) in [6, 6.07) is 10.4. The lowest BCUT2D eigenvalue weighted by Crippen LogP contribution is -2.04. The molecule has 1 nitrogen and oxygen atoms in total. The number of benzene rings is 1. The van der Waals surface area contributed by atoms with Crippen LogP contribution in [-0.4, -0.2) is 11.5 Å². The Morgan fingerprint density at radius 2 is 2.06 bits per heavy atom. The minimum absolute atomic E-state index is 0.358. The third-order valence-corrected chi connectivity index (χ3v) is 4.33. The molecule has 1 unspecified atom stereocenters. The van der Waals surface area contributed by atoms with Crippen LogP contribution in [0.5, 0.6) is 0 Å². The molecule has 0 aliphatic heterocycles. The van der Waals surface area contributed by atoms with Gasteiger partial charge in [-0.1, -0.05) is 30.4 Å². The quantitative estimate of drug-likeness (QED) is 0.554. The predicted octanol–water partition coefficient (Wildman–Crippen LogP) is 4.48. The van der Waals surface area contributed by atoms with Gasteiger partial charge in [-0.2, -0.15) is 0 Å². The summed E-state index contributed by atoms with van der Waals surface area (Å²) in [7, 11) is 0. The van der Waals surface area contributed by atoms with Crippen LogP contribution in [-0.2, 0) is 4.79 Å². The van der Waals surface area contributed by atoms with Crippen molar-refractivity contribution in [1.29, 1.82) is 0 Å². The van der Waals surface area contributed by atoms with Crippen LogP contribution < -0.4 is 0 Å². The summed E-state index contributed by atoms with van der Waals surface area (Å²) in [6.45, 7) is 0. The lowest BCUT2D eigenvalue weighted by Gasteiger charge is -2.03. The van der Waals surface area contributed by atoms with Gasteiger partial charge < -0.3 is 0 Å². The van der Waals surface area contributed by atoms with E-state index in [1.807, 2.05) is 17.8 Å². The van der Waals surface area contributed by atoms with Crippen molar-refractivity contribution in [3.05, 3.63) is 42.5 Å². The molecule has 0 radical (unpaired) electrons. The zero-order chi connectivity index (χ0) is 12.6. The van der Waals surface area contributed by atoms with E-state index < -0.39 is 0 Å². The molecule has 1 atom stereocenters. The number of hydrogen-bond acceptors (Lipinski definition) is 2. The van der Waals surface area contributed by atoms with Crippen molar-refractivity contribution >= 4 is 17.5 Å². The molecule has 1 aromatic rings. The van der Waals surface area contributed by atoms with Crippen molar-refractivity contribution in [3.8, 4) is 0 Å². The summed E-state index contributed by atoms with van der Waals surface area (Å²) >= 11 is 1.85. The van der Waals surface area contributed by atoms with Gasteiger partial charge in [-0.25, -0.2) is 0 Å². The Labute approximate surface area is 114 Å². The number of hydrogen-bond donors (Lipinski definition) is 0. The van der Waals surface area contributed by atoms with E-state index in [-0.39, 0.29) is 0 Å². The number of rotatable bonds is 6. The number of ketones is 1. The normalized spacial score (nSPS) is 19.8. The van der Waals surface area contributed by atoms with Crippen molar-refractivity contribution in [2.24, 2.45) is 5.92 Å². The Morgan fingerprint density at radius 1 is 1.22 bits per heavy atom. The van der Waals surface area contributed by atoms with Gasteiger partial charge in [-0.05, 0) is 37.8 Å². The van der Waals surface area contributed by atoms with Crippen molar-refractivity contribution in [1.82, 2.24) is 0 Å². The second-order valence-corrected chi connectivity index (χ2v) is 5.82. The molecule has 2 heteroatoms. The smallest absolute Gasteiger partial charge is 0.135 e. The number of carbonyl (C=O) groups excluding carboxylic acids is 1. The molecule has 1 fully saturated rings. The van der Waals surface area contributed by atoms with Gasteiger partial charge in [-0.3, -0.25) is 4.79 Å². The van der Waals surface area contributed by atoms with Crippen LogP contribution >= 0.6 is 11.8 Å². The predicted molar refractivity (Wildman–Crippen MR) is 77.9 cm³/mol. The monoisotopic (exact) mass is 260 g/mol. The van der Waals surface area contributed by atoms with Gasteiger partial charge >= 0.3 is 0 Å². The maximum atomic E-state index is 11.5. The van der Waals surface area contributed by atoms with Gasteiger partial charge in [0.25, 0.3) is 0 Å². The van der Waals surface area contributed by atoms with Gasteiger partial charge in [0.05, 0.1) is 0 Å². The average molecular weight is 260 g/mol. The minimum atomic E-state index is 0.358. The second kappa shape index (κ2) is 7.42. The van der Waals surface area contributed by atoms with E-state index in [2.05, 4.69) is 36.4 Å². The lowest BCUT2D eigenvalue weighted by molar-refractivity contribution is -0.120. The fourth-order valence-corrected chi connectivity index (χ4v) is 3.11. The Balaban J connectivity index is 1.59. The summed E-state index contributed by atoms with van der Waals surface area (Å²) in [4.78, 5) is 12.8. The Hall–Kier alpha value is -1.02. The number of allylic oxidation sites excluding steroid dienone is 1. The first-order chi connectivity index (χ1) is 8.86.